The summed E-state index contributed by atoms with van der Waals surface area (Å²) in [6.07, 6.45) is 3.01. The van der Waals surface area contributed by atoms with Gasteiger partial charge in [0.2, 0.25) is 0 Å². The molecule has 1 aromatic rings. The zero-order valence-electron chi connectivity index (χ0n) is 10.4. The Morgan fingerprint density at radius 3 is 3.00 bits per heavy atom. The highest BCUT2D eigenvalue weighted by Crippen LogP contribution is 2.32. The maximum atomic E-state index is 11.3. The summed E-state index contributed by atoms with van der Waals surface area (Å²) >= 11 is 0. The average Bonchev–Trinajstić information content (AvgIpc) is 2.41. The van der Waals surface area contributed by atoms with Crippen molar-refractivity contribution in [1.82, 2.24) is 10.3 Å². The van der Waals surface area contributed by atoms with Crippen LogP contribution >= 0.6 is 0 Å². The van der Waals surface area contributed by atoms with Crippen molar-refractivity contribution < 1.29 is 14.6 Å². The molecule has 1 aliphatic carbocycles. The van der Waals surface area contributed by atoms with Gasteiger partial charge in [-0.2, -0.15) is 0 Å². The van der Waals surface area contributed by atoms with E-state index in [-0.39, 0.29) is 18.1 Å². The summed E-state index contributed by atoms with van der Waals surface area (Å²) < 4.78 is 4.63. The van der Waals surface area contributed by atoms with E-state index < -0.39 is 6.09 Å². The van der Waals surface area contributed by atoms with Gasteiger partial charge in [-0.3, -0.25) is 4.98 Å². The van der Waals surface area contributed by atoms with Crippen molar-refractivity contribution >= 4 is 6.09 Å². The number of nitrogens with zero attached hydrogens (tertiary/aromatic N) is 1. The number of aliphatic hydroxyl groups excluding tert-OH is 1. The number of hydrogen-bond donors (Lipinski definition) is 2. The molecule has 1 fully saturated rings. The fraction of sp³-hybridized carbons (Fsp3) is 0.538. The molecule has 1 aliphatic rings. The largest absolute Gasteiger partial charge is 0.453 e. The molecule has 1 aromatic heterocycles. The lowest BCUT2D eigenvalue weighted by Crippen LogP contribution is -2.43. The third-order valence-corrected chi connectivity index (χ3v) is 3.38. The van der Waals surface area contributed by atoms with Gasteiger partial charge in [0, 0.05) is 23.9 Å². The molecular formula is C13H18N2O3. The van der Waals surface area contributed by atoms with Gasteiger partial charge in [0.1, 0.15) is 0 Å². The summed E-state index contributed by atoms with van der Waals surface area (Å²) in [5.41, 5.74) is 0.901. The van der Waals surface area contributed by atoms with Crippen LogP contribution in [0.3, 0.4) is 0 Å². The minimum atomic E-state index is -0.433. The third kappa shape index (κ3) is 2.98. The second-order valence-electron chi connectivity index (χ2n) is 4.57. The Bertz CT molecular complexity index is 396. The molecule has 0 radical (unpaired) electrons. The first-order valence-corrected chi connectivity index (χ1v) is 6.14. The van der Waals surface area contributed by atoms with Crippen LogP contribution in [0.5, 0.6) is 0 Å². The van der Waals surface area contributed by atoms with E-state index in [1.165, 1.54) is 7.11 Å². The molecule has 5 nitrogen and oxygen atoms in total. The lowest BCUT2D eigenvalue weighted by molar-refractivity contribution is 0.0979. The maximum Gasteiger partial charge on any atom is 0.407 e. The first kappa shape index (κ1) is 12.8. The van der Waals surface area contributed by atoms with E-state index in [4.69, 9.17) is 0 Å². The van der Waals surface area contributed by atoms with Crippen LogP contribution in [-0.2, 0) is 4.74 Å². The van der Waals surface area contributed by atoms with Gasteiger partial charge < -0.3 is 15.2 Å². The number of aliphatic hydroxyl groups is 1. The van der Waals surface area contributed by atoms with Crippen molar-refractivity contribution in [2.75, 3.05) is 7.11 Å². The Hall–Kier alpha value is -1.62. The first-order valence-electron chi connectivity index (χ1n) is 6.14. The molecular weight excluding hydrogens is 232 g/mol. The minimum Gasteiger partial charge on any atom is -0.453 e. The summed E-state index contributed by atoms with van der Waals surface area (Å²) in [6, 6.07) is 5.66. The number of aromatic nitrogens is 1. The van der Waals surface area contributed by atoms with Gasteiger partial charge in [-0.15, -0.1) is 0 Å². The van der Waals surface area contributed by atoms with E-state index in [1.54, 1.807) is 6.20 Å². The minimum absolute atomic E-state index is 0.0317. The van der Waals surface area contributed by atoms with E-state index in [9.17, 15) is 9.90 Å². The summed E-state index contributed by atoms with van der Waals surface area (Å²) in [5, 5.41) is 12.6. The highest BCUT2D eigenvalue weighted by Gasteiger charge is 2.32. The van der Waals surface area contributed by atoms with E-state index in [2.05, 4.69) is 15.0 Å². The Balaban J connectivity index is 2.13. The van der Waals surface area contributed by atoms with Gasteiger partial charge in [-0.05, 0) is 31.4 Å². The Kier molecular flexibility index (Phi) is 4.15. The first-order chi connectivity index (χ1) is 8.70. The molecule has 2 N–H and O–H groups in total. The van der Waals surface area contributed by atoms with Crippen LogP contribution in [0.1, 0.15) is 30.9 Å². The van der Waals surface area contributed by atoms with Gasteiger partial charge >= 0.3 is 6.09 Å². The second-order valence-corrected chi connectivity index (χ2v) is 4.57. The van der Waals surface area contributed by atoms with Crippen molar-refractivity contribution in [3.05, 3.63) is 30.1 Å². The van der Waals surface area contributed by atoms with Crippen molar-refractivity contribution in [3.63, 3.8) is 0 Å². The molecule has 1 heterocycles. The van der Waals surface area contributed by atoms with Crippen molar-refractivity contribution in [1.29, 1.82) is 0 Å². The highest BCUT2D eigenvalue weighted by molar-refractivity contribution is 5.67. The molecule has 0 spiro atoms. The number of hydrogen-bond acceptors (Lipinski definition) is 4. The van der Waals surface area contributed by atoms with Crippen LogP contribution in [-0.4, -0.2) is 35.4 Å². The molecule has 2 rings (SSSR count). The Morgan fingerprint density at radius 1 is 1.50 bits per heavy atom. The summed E-state index contributed by atoms with van der Waals surface area (Å²) in [6.45, 7) is 0. The highest BCUT2D eigenvalue weighted by atomic mass is 16.5. The standard InChI is InChI=1S/C13H18N2O3/c1-18-13(17)15-12-6-5-9(16)8-10(12)11-4-2-3-7-14-11/h2-4,7,9-10,12,16H,5-6,8H2,1H3,(H,15,17). The van der Waals surface area contributed by atoms with E-state index in [1.807, 2.05) is 18.2 Å². The molecule has 18 heavy (non-hydrogen) atoms. The maximum absolute atomic E-state index is 11.3. The second kappa shape index (κ2) is 5.82. The lowest BCUT2D eigenvalue weighted by atomic mass is 9.80. The number of carbonyl (C=O) groups excluding carboxylic acids is 1. The van der Waals surface area contributed by atoms with Crippen LogP contribution in [0.25, 0.3) is 0 Å². The van der Waals surface area contributed by atoms with Crippen LogP contribution in [0, 0.1) is 0 Å². The number of alkyl carbamates (subject to hydrolysis) is 1. The molecule has 3 unspecified atom stereocenters. The molecule has 3 atom stereocenters. The lowest BCUT2D eigenvalue weighted by Gasteiger charge is -2.33. The van der Waals surface area contributed by atoms with Crippen LogP contribution in [0.2, 0.25) is 0 Å². The van der Waals surface area contributed by atoms with Gasteiger partial charge in [-0.1, -0.05) is 6.07 Å². The summed E-state index contributed by atoms with van der Waals surface area (Å²) in [5.74, 6) is 0.0362. The zero-order chi connectivity index (χ0) is 13.0. The number of carbonyl (C=O) groups is 1. The smallest absolute Gasteiger partial charge is 0.407 e. The van der Waals surface area contributed by atoms with E-state index in [0.717, 1.165) is 12.1 Å². The van der Waals surface area contributed by atoms with Crippen LogP contribution in [0.4, 0.5) is 4.79 Å². The predicted octanol–water partition coefficient (Wildman–Crippen LogP) is 1.43. The quantitative estimate of drug-likeness (QED) is 0.833. The van der Waals surface area contributed by atoms with Crippen LogP contribution in [0.15, 0.2) is 24.4 Å². The molecule has 1 saturated carbocycles. The summed E-state index contributed by atoms with van der Waals surface area (Å²) in [4.78, 5) is 15.6. The van der Waals surface area contributed by atoms with Gasteiger partial charge in [0.25, 0.3) is 0 Å². The number of rotatable bonds is 2. The van der Waals surface area contributed by atoms with Gasteiger partial charge in [0.05, 0.1) is 13.2 Å². The van der Waals surface area contributed by atoms with Gasteiger partial charge in [-0.25, -0.2) is 4.79 Å². The van der Waals surface area contributed by atoms with Gasteiger partial charge in [0.15, 0.2) is 0 Å². The molecule has 98 valence electrons. The molecule has 1 amide bonds. The molecule has 5 heteroatoms. The van der Waals surface area contributed by atoms with Crippen molar-refractivity contribution in [3.8, 4) is 0 Å². The topological polar surface area (TPSA) is 71.5 Å². The number of pyridine rings is 1. The van der Waals surface area contributed by atoms with Crippen LogP contribution < -0.4 is 5.32 Å². The number of nitrogens with one attached hydrogen (secondary N) is 1. The predicted molar refractivity (Wildman–Crippen MR) is 66.2 cm³/mol. The van der Waals surface area contributed by atoms with Crippen molar-refractivity contribution in [2.45, 2.75) is 37.3 Å². The normalized spacial score (nSPS) is 27.6. The fourth-order valence-electron chi connectivity index (χ4n) is 2.45. The average molecular weight is 250 g/mol. The fourth-order valence-corrected chi connectivity index (χ4v) is 2.45. The summed E-state index contributed by atoms with van der Waals surface area (Å²) in [7, 11) is 1.35. The number of amides is 1. The Morgan fingerprint density at radius 2 is 2.33 bits per heavy atom. The molecule has 0 bridgehead atoms. The van der Waals surface area contributed by atoms with E-state index >= 15 is 0 Å². The Labute approximate surface area is 106 Å². The monoisotopic (exact) mass is 250 g/mol. The molecule has 0 aliphatic heterocycles. The number of methoxy groups -OCH3 is 1. The van der Waals surface area contributed by atoms with Crippen molar-refractivity contribution in [2.24, 2.45) is 0 Å². The number of ether oxygens (including phenoxy) is 1. The molecule has 0 saturated heterocycles. The zero-order valence-corrected chi connectivity index (χ0v) is 10.4. The molecule has 0 aromatic carbocycles. The van der Waals surface area contributed by atoms with E-state index in [0.29, 0.717) is 12.8 Å². The third-order valence-electron chi connectivity index (χ3n) is 3.38. The SMILES string of the molecule is COC(=O)NC1CCC(O)CC1c1ccccn1.